The lowest BCUT2D eigenvalue weighted by Crippen LogP contribution is -2.42. The van der Waals surface area contributed by atoms with Gasteiger partial charge in [0.1, 0.15) is 0 Å². The Bertz CT molecular complexity index is 549. The lowest BCUT2D eigenvalue weighted by atomic mass is 9.82. The van der Waals surface area contributed by atoms with Crippen LogP contribution in [0.3, 0.4) is 0 Å². The van der Waals surface area contributed by atoms with Gasteiger partial charge in [0.25, 0.3) is 0 Å². The molecule has 0 heterocycles. The maximum atomic E-state index is 9.84. The maximum absolute atomic E-state index is 9.84. The summed E-state index contributed by atoms with van der Waals surface area (Å²) >= 11 is 0. The Balaban J connectivity index is 1.21. The summed E-state index contributed by atoms with van der Waals surface area (Å²) in [6.45, 7) is 1.78. The molecule has 34 heavy (non-hydrogen) atoms. The Morgan fingerprint density at radius 3 is 1.68 bits per heavy atom. The Labute approximate surface area is 207 Å². The third kappa shape index (κ3) is 7.63. The summed E-state index contributed by atoms with van der Waals surface area (Å²) in [6.07, 6.45) is 16.6. The van der Waals surface area contributed by atoms with Gasteiger partial charge in [-0.2, -0.15) is 0 Å². The highest BCUT2D eigenvalue weighted by atomic mass is 16.3. The lowest BCUT2D eigenvalue weighted by Gasteiger charge is -2.29. The predicted molar refractivity (Wildman–Crippen MR) is 135 cm³/mol. The number of nitrogens with one attached hydrogen (secondary N) is 1. The highest BCUT2D eigenvalue weighted by Gasteiger charge is 2.40. The van der Waals surface area contributed by atoms with Crippen LogP contribution < -0.4 is 5.32 Å². The molecule has 4 fully saturated rings. The second-order valence-corrected chi connectivity index (χ2v) is 12.5. The van der Waals surface area contributed by atoms with Crippen molar-refractivity contribution in [3.05, 3.63) is 0 Å². The molecule has 0 amide bonds. The summed E-state index contributed by atoms with van der Waals surface area (Å²) in [5.41, 5.74) is 0. The fourth-order valence-electron chi connectivity index (χ4n) is 8.22. The SMILES string of the molecule is OCC(O)CN(CCCNC(CCC1CC2CCC1C2)CCC1CC2CCC1C2)CC(O)CO. The molecule has 198 valence electrons. The van der Waals surface area contributed by atoms with Crippen LogP contribution in [0.1, 0.15) is 83.5 Å². The van der Waals surface area contributed by atoms with E-state index < -0.39 is 12.2 Å². The molecule has 0 aromatic carbocycles. The van der Waals surface area contributed by atoms with Crippen molar-refractivity contribution in [2.24, 2.45) is 35.5 Å². The van der Waals surface area contributed by atoms with Crippen LogP contribution in [0.25, 0.3) is 0 Å². The maximum Gasteiger partial charge on any atom is 0.0897 e. The van der Waals surface area contributed by atoms with Crippen molar-refractivity contribution in [2.45, 2.75) is 102 Å². The minimum Gasteiger partial charge on any atom is -0.394 e. The number of hydrogen-bond acceptors (Lipinski definition) is 6. The molecular weight excluding hydrogens is 428 g/mol. The molecule has 8 atom stereocenters. The molecule has 0 radical (unpaired) electrons. The number of fused-ring (bicyclic) bond motifs is 4. The first kappa shape index (κ1) is 26.8. The van der Waals surface area contributed by atoms with E-state index in [0.717, 1.165) is 55.0 Å². The Morgan fingerprint density at radius 2 is 1.26 bits per heavy atom. The van der Waals surface area contributed by atoms with Crippen molar-refractivity contribution in [1.29, 1.82) is 0 Å². The average Bonchev–Trinajstić information content (AvgIpc) is 3.64. The first-order valence-electron chi connectivity index (χ1n) is 14.6. The van der Waals surface area contributed by atoms with Gasteiger partial charge in [-0.25, -0.2) is 0 Å². The van der Waals surface area contributed by atoms with Gasteiger partial charge in [0.2, 0.25) is 0 Å². The monoisotopic (exact) mass is 480 g/mol. The number of aliphatic hydroxyl groups is 4. The normalized spacial score (nSPS) is 34.9. The molecule has 0 spiro atoms. The number of hydrogen-bond donors (Lipinski definition) is 5. The zero-order valence-corrected chi connectivity index (χ0v) is 21.4. The Morgan fingerprint density at radius 1 is 0.735 bits per heavy atom. The quantitative estimate of drug-likeness (QED) is 0.206. The molecule has 0 saturated heterocycles. The molecular formula is C28H52N2O4. The average molecular weight is 481 g/mol. The summed E-state index contributed by atoms with van der Waals surface area (Å²) in [5.74, 6) is 6.04. The van der Waals surface area contributed by atoms with E-state index in [1.54, 1.807) is 0 Å². The third-order valence-electron chi connectivity index (χ3n) is 9.98. The summed E-state index contributed by atoms with van der Waals surface area (Å²) < 4.78 is 0. The number of nitrogens with zero attached hydrogens (tertiary/aromatic N) is 1. The molecule has 8 unspecified atom stereocenters. The zero-order valence-electron chi connectivity index (χ0n) is 21.4. The largest absolute Gasteiger partial charge is 0.394 e. The van der Waals surface area contributed by atoms with Crippen LogP contribution >= 0.6 is 0 Å². The Hall–Kier alpha value is -0.240. The Kier molecular flexibility index (Phi) is 10.5. The van der Waals surface area contributed by atoms with Crippen LogP contribution in [0, 0.1) is 35.5 Å². The van der Waals surface area contributed by atoms with Crippen molar-refractivity contribution < 1.29 is 20.4 Å². The highest BCUT2D eigenvalue weighted by molar-refractivity contribution is 4.92. The van der Waals surface area contributed by atoms with Gasteiger partial charge in [0.15, 0.2) is 0 Å². The van der Waals surface area contributed by atoms with Crippen LogP contribution in [0.5, 0.6) is 0 Å². The third-order valence-corrected chi connectivity index (χ3v) is 9.98. The topological polar surface area (TPSA) is 96.2 Å². The second kappa shape index (κ2) is 13.3. The molecule has 6 nitrogen and oxygen atoms in total. The van der Waals surface area contributed by atoms with Gasteiger partial charge >= 0.3 is 0 Å². The summed E-state index contributed by atoms with van der Waals surface area (Å²) in [6, 6.07) is 0.609. The molecule has 0 aromatic rings. The van der Waals surface area contributed by atoms with Gasteiger partial charge in [0, 0.05) is 19.1 Å². The zero-order chi connectivity index (χ0) is 23.9. The predicted octanol–water partition coefficient (Wildman–Crippen LogP) is 2.78. The molecule has 0 aliphatic heterocycles. The molecule has 6 heteroatoms. The van der Waals surface area contributed by atoms with Crippen LogP contribution in [0.4, 0.5) is 0 Å². The van der Waals surface area contributed by atoms with Crippen LogP contribution in [0.2, 0.25) is 0 Å². The minimum atomic E-state index is -0.810. The van der Waals surface area contributed by atoms with Crippen molar-refractivity contribution in [1.82, 2.24) is 10.2 Å². The van der Waals surface area contributed by atoms with Gasteiger partial charge in [0.05, 0.1) is 25.4 Å². The van der Waals surface area contributed by atoms with E-state index in [0.29, 0.717) is 19.1 Å². The van der Waals surface area contributed by atoms with Crippen molar-refractivity contribution in [3.63, 3.8) is 0 Å². The number of rotatable bonds is 17. The van der Waals surface area contributed by atoms with E-state index in [2.05, 4.69) is 5.32 Å². The first-order valence-corrected chi connectivity index (χ1v) is 14.6. The highest BCUT2D eigenvalue weighted by Crippen LogP contribution is 2.51. The smallest absolute Gasteiger partial charge is 0.0897 e. The van der Waals surface area contributed by atoms with Gasteiger partial charge in [-0.15, -0.1) is 0 Å². The standard InChI is InChI=1S/C28H52N2O4/c31-18-27(33)16-30(17-28(34)19-32)11-1-10-29-26(8-6-24-14-20-2-4-22(24)12-20)9-7-25-15-21-3-5-23(25)13-21/h20-29,31-34H,1-19H2. The molecule has 4 bridgehead atoms. The van der Waals surface area contributed by atoms with E-state index in [1.807, 2.05) is 4.90 Å². The van der Waals surface area contributed by atoms with E-state index in [-0.39, 0.29) is 13.2 Å². The van der Waals surface area contributed by atoms with Crippen LogP contribution in [-0.2, 0) is 0 Å². The second-order valence-electron chi connectivity index (χ2n) is 12.5. The summed E-state index contributed by atoms with van der Waals surface area (Å²) in [4.78, 5) is 1.96. The van der Waals surface area contributed by atoms with Gasteiger partial charge in [-0.05, 0) is 119 Å². The van der Waals surface area contributed by atoms with Crippen molar-refractivity contribution in [3.8, 4) is 0 Å². The fraction of sp³-hybridized carbons (Fsp3) is 1.00. The lowest BCUT2D eigenvalue weighted by molar-refractivity contribution is 0.0229. The minimum absolute atomic E-state index is 0.280. The molecule has 4 aliphatic carbocycles. The number of aliphatic hydroxyl groups excluding tert-OH is 4. The summed E-state index contributed by atoms with van der Waals surface area (Å²) in [5, 5.41) is 42.0. The molecule has 4 saturated carbocycles. The van der Waals surface area contributed by atoms with E-state index in [1.165, 1.54) is 77.0 Å². The van der Waals surface area contributed by atoms with E-state index in [4.69, 9.17) is 0 Å². The van der Waals surface area contributed by atoms with Crippen LogP contribution in [0.15, 0.2) is 0 Å². The van der Waals surface area contributed by atoms with Gasteiger partial charge in [-0.3, -0.25) is 4.90 Å². The molecule has 0 aromatic heterocycles. The van der Waals surface area contributed by atoms with Gasteiger partial charge in [-0.1, -0.05) is 12.8 Å². The first-order chi connectivity index (χ1) is 16.5. The van der Waals surface area contributed by atoms with Crippen molar-refractivity contribution in [2.75, 3.05) is 39.4 Å². The molecule has 4 rings (SSSR count). The van der Waals surface area contributed by atoms with Gasteiger partial charge < -0.3 is 25.7 Å². The van der Waals surface area contributed by atoms with E-state index in [9.17, 15) is 20.4 Å². The summed E-state index contributed by atoms with van der Waals surface area (Å²) in [7, 11) is 0. The van der Waals surface area contributed by atoms with Crippen molar-refractivity contribution >= 4 is 0 Å². The molecule has 4 aliphatic rings. The fourth-order valence-corrected chi connectivity index (χ4v) is 8.22. The molecule has 5 N–H and O–H groups in total. The van der Waals surface area contributed by atoms with Crippen LogP contribution in [-0.4, -0.2) is 83.0 Å². The van der Waals surface area contributed by atoms with E-state index >= 15 is 0 Å².